The average molecular weight is 230 g/mol. The molecule has 2 heterocycles. The van der Waals surface area contributed by atoms with Gasteiger partial charge in [-0.15, -0.1) is 0 Å². The lowest BCUT2D eigenvalue weighted by Crippen LogP contribution is -2.50. The zero-order chi connectivity index (χ0) is 11.4. The van der Waals surface area contributed by atoms with Crippen molar-refractivity contribution in [3.05, 3.63) is 0 Å². The van der Waals surface area contributed by atoms with Crippen LogP contribution in [0.4, 0.5) is 4.39 Å². The standard InChI is InChI=1S/C11H19FN2O2/c12-2-3-13-4-6-14(7-5-13)11(15)10-1-8-16-9-10/h10H,1-9H2. The van der Waals surface area contributed by atoms with Crippen LogP contribution in [-0.2, 0) is 9.53 Å². The minimum Gasteiger partial charge on any atom is -0.381 e. The van der Waals surface area contributed by atoms with Gasteiger partial charge in [-0.25, -0.2) is 4.39 Å². The van der Waals surface area contributed by atoms with Crippen molar-refractivity contribution in [1.29, 1.82) is 0 Å². The van der Waals surface area contributed by atoms with E-state index in [0.29, 0.717) is 19.8 Å². The Kier molecular flexibility index (Phi) is 4.12. The largest absolute Gasteiger partial charge is 0.381 e. The summed E-state index contributed by atoms with van der Waals surface area (Å²) in [4.78, 5) is 16.0. The Morgan fingerprint density at radius 3 is 2.62 bits per heavy atom. The summed E-state index contributed by atoms with van der Waals surface area (Å²) < 4.78 is 17.4. The number of nitrogens with zero attached hydrogens (tertiary/aromatic N) is 2. The van der Waals surface area contributed by atoms with E-state index in [4.69, 9.17) is 4.74 Å². The zero-order valence-corrected chi connectivity index (χ0v) is 9.53. The molecule has 2 fully saturated rings. The molecular formula is C11H19FN2O2. The molecule has 1 atom stereocenters. The summed E-state index contributed by atoms with van der Waals surface area (Å²) in [5.74, 6) is 0.283. The van der Waals surface area contributed by atoms with Gasteiger partial charge in [-0.05, 0) is 6.42 Å². The number of alkyl halides is 1. The zero-order valence-electron chi connectivity index (χ0n) is 9.53. The maximum Gasteiger partial charge on any atom is 0.228 e. The molecule has 0 N–H and O–H groups in total. The highest BCUT2D eigenvalue weighted by molar-refractivity contribution is 5.79. The van der Waals surface area contributed by atoms with Gasteiger partial charge in [0.15, 0.2) is 0 Å². The summed E-state index contributed by atoms with van der Waals surface area (Å²) in [5, 5.41) is 0. The molecule has 0 bridgehead atoms. The second kappa shape index (κ2) is 5.59. The smallest absolute Gasteiger partial charge is 0.228 e. The van der Waals surface area contributed by atoms with Crippen molar-refractivity contribution in [2.45, 2.75) is 6.42 Å². The van der Waals surface area contributed by atoms with Gasteiger partial charge in [-0.3, -0.25) is 9.69 Å². The van der Waals surface area contributed by atoms with E-state index in [1.165, 1.54) is 0 Å². The lowest BCUT2D eigenvalue weighted by Gasteiger charge is -2.35. The Bertz CT molecular complexity index is 236. The van der Waals surface area contributed by atoms with Gasteiger partial charge in [0, 0.05) is 39.3 Å². The number of hydrogen-bond acceptors (Lipinski definition) is 3. The van der Waals surface area contributed by atoms with E-state index in [9.17, 15) is 9.18 Å². The molecule has 5 heteroatoms. The molecule has 0 aliphatic carbocycles. The summed E-state index contributed by atoms with van der Waals surface area (Å²) in [6, 6.07) is 0. The minimum absolute atomic E-state index is 0.0627. The third-order valence-corrected chi connectivity index (χ3v) is 3.36. The van der Waals surface area contributed by atoms with E-state index in [-0.39, 0.29) is 18.5 Å². The van der Waals surface area contributed by atoms with Gasteiger partial charge in [0.05, 0.1) is 12.5 Å². The summed E-state index contributed by atoms with van der Waals surface area (Å²) in [7, 11) is 0. The van der Waals surface area contributed by atoms with Gasteiger partial charge >= 0.3 is 0 Å². The van der Waals surface area contributed by atoms with Crippen molar-refractivity contribution in [2.24, 2.45) is 5.92 Å². The number of carbonyl (C=O) groups excluding carboxylic acids is 1. The van der Waals surface area contributed by atoms with Crippen LogP contribution in [0.5, 0.6) is 0 Å². The lowest BCUT2D eigenvalue weighted by atomic mass is 10.1. The Labute approximate surface area is 95.3 Å². The molecule has 1 unspecified atom stereocenters. The molecule has 0 spiro atoms. The number of halogens is 1. The number of ether oxygens (including phenoxy) is 1. The highest BCUT2D eigenvalue weighted by Gasteiger charge is 2.29. The van der Waals surface area contributed by atoms with Crippen LogP contribution in [0.1, 0.15) is 6.42 Å². The fourth-order valence-corrected chi connectivity index (χ4v) is 2.30. The third-order valence-electron chi connectivity index (χ3n) is 3.36. The molecule has 0 aromatic rings. The fraction of sp³-hybridized carbons (Fsp3) is 0.909. The van der Waals surface area contributed by atoms with Gasteiger partial charge < -0.3 is 9.64 Å². The van der Waals surface area contributed by atoms with Crippen LogP contribution in [0, 0.1) is 5.92 Å². The maximum atomic E-state index is 12.1. The molecule has 0 aromatic carbocycles. The topological polar surface area (TPSA) is 32.8 Å². The molecular weight excluding hydrogens is 211 g/mol. The first kappa shape index (κ1) is 11.8. The van der Waals surface area contributed by atoms with Gasteiger partial charge in [0.25, 0.3) is 0 Å². The second-order valence-electron chi connectivity index (χ2n) is 4.42. The highest BCUT2D eigenvalue weighted by atomic mass is 19.1. The molecule has 0 radical (unpaired) electrons. The van der Waals surface area contributed by atoms with E-state index in [1.807, 2.05) is 4.90 Å². The Morgan fingerprint density at radius 1 is 1.31 bits per heavy atom. The first-order valence-corrected chi connectivity index (χ1v) is 5.96. The van der Waals surface area contributed by atoms with Crippen molar-refractivity contribution < 1.29 is 13.9 Å². The number of carbonyl (C=O) groups is 1. The van der Waals surface area contributed by atoms with Gasteiger partial charge in [-0.1, -0.05) is 0 Å². The molecule has 2 saturated heterocycles. The fourth-order valence-electron chi connectivity index (χ4n) is 2.30. The van der Waals surface area contributed by atoms with Crippen LogP contribution in [0.3, 0.4) is 0 Å². The SMILES string of the molecule is O=C(C1CCOC1)N1CCN(CCF)CC1. The van der Waals surface area contributed by atoms with Crippen LogP contribution < -0.4 is 0 Å². The van der Waals surface area contributed by atoms with Gasteiger partial charge in [0.2, 0.25) is 5.91 Å². The first-order chi connectivity index (χ1) is 7.81. The molecule has 0 aromatic heterocycles. The number of amides is 1. The second-order valence-corrected chi connectivity index (χ2v) is 4.42. The summed E-state index contributed by atoms with van der Waals surface area (Å²) in [6.07, 6.45) is 0.851. The predicted octanol–water partition coefficient (Wildman–Crippen LogP) is 0.137. The summed E-state index contributed by atoms with van der Waals surface area (Å²) in [5.41, 5.74) is 0. The highest BCUT2D eigenvalue weighted by Crippen LogP contribution is 2.16. The van der Waals surface area contributed by atoms with Crippen molar-refractivity contribution >= 4 is 5.91 Å². The summed E-state index contributed by atoms with van der Waals surface area (Å²) in [6.45, 7) is 4.53. The average Bonchev–Trinajstić information content (AvgIpc) is 2.83. The molecule has 16 heavy (non-hydrogen) atoms. The van der Waals surface area contributed by atoms with Gasteiger partial charge in [0.1, 0.15) is 6.67 Å². The van der Waals surface area contributed by atoms with Crippen LogP contribution in [0.2, 0.25) is 0 Å². The molecule has 2 aliphatic rings. The quantitative estimate of drug-likeness (QED) is 0.691. The van der Waals surface area contributed by atoms with E-state index < -0.39 is 0 Å². The molecule has 0 saturated carbocycles. The molecule has 2 rings (SSSR count). The Balaban J connectivity index is 1.77. The van der Waals surface area contributed by atoms with E-state index in [2.05, 4.69) is 4.90 Å². The first-order valence-electron chi connectivity index (χ1n) is 5.96. The van der Waals surface area contributed by atoms with E-state index in [0.717, 1.165) is 32.6 Å². The normalized spacial score (nSPS) is 27.3. The number of rotatable bonds is 3. The van der Waals surface area contributed by atoms with Crippen LogP contribution in [-0.4, -0.2) is 68.3 Å². The van der Waals surface area contributed by atoms with Gasteiger partial charge in [-0.2, -0.15) is 0 Å². The molecule has 2 aliphatic heterocycles. The van der Waals surface area contributed by atoms with Crippen molar-refractivity contribution in [1.82, 2.24) is 9.80 Å². The van der Waals surface area contributed by atoms with Crippen molar-refractivity contribution in [3.8, 4) is 0 Å². The van der Waals surface area contributed by atoms with Crippen LogP contribution in [0.25, 0.3) is 0 Å². The maximum absolute atomic E-state index is 12.1. The molecule has 4 nitrogen and oxygen atoms in total. The lowest BCUT2D eigenvalue weighted by molar-refractivity contribution is -0.137. The monoisotopic (exact) mass is 230 g/mol. The Morgan fingerprint density at radius 2 is 2.06 bits per heavy atom. The van der Waals surface area contributed by atoms with Crippen molar-refractivity contribution in [3.63, 3.8) is 0 Å². The van der Waals surface area contributed by atoms with Crippen LogP contribution >= 0.6 is 0 Å². The van der Waals surface area contributed by atoms with E-state index in [1.54, 1.807) is 0 Å². The molecule has 92 valence electrons. The molecule has 1 amide bonds. The Hall–Kier alpha value is -0.680. The number of piperazine rings is 1. The third kappa shape index (κ3) is 2.71. The van der Waals surface area contributed by atoms with Crippen molar-refractivity contribution in [2.75, 3.05) is 52.6 Å². The number of hydrogen-bond donors (Lipinski definition) is 0. The van der Waals surface area contributed by atoms with Crippen LogP contribution in [0.15, 0.2) is 0 Å². The summed E-state index contributed by atoms with van der Waals surface area (Å²) >= 11 is 0. The predicted molar refractivity (Wildman–Crippen MR) is 57.9 cm³/mol. The minimum atomic E-state index is -0.301. The van der Waals surface area contributed by atoms with E-state index >= 15 is 0 Å².